The number of likely N-dealkylation sites (N-methyl/N-ethyl adjacent to an activating group) is 1. The number of fused-ring (bicyclic) bond motifs is 1. The average Bonchev–Trinajstić information content (AvgIpc) is 2.80. The van der Waals surface area contributed by atoms with Crippen LogP contribution in [-0.2, 0) is 6.54 Å². The minimum Gasteiger partial charge on any atom is -0.390 e. The Morgan fingerprint density at radius 2 is 2.14 bits per heavy atom. The van der Waals surface area contributed by atoms with Crippen LogP contribution in [0.1, 0.15) is 25.5 Å². The Morgan fingerprint density at radius 1 is 1.41 bits per heavy atom. The van der Waals surface area contributed by atoms with Crippen LogP contribution in [0.15, 0.2) is 12.3 Å². The largest absolute Gasteiger partial charge is 0.390 e. The van der Waals surface area contributed by atoms with Gasteiger partial charge in [-0.15, -0.1) is 0 Å². The SMILES string of the molecule is CC(C)n1ncc2cc(CNCC(O)CN(C)C)c(Cl)nc21. The molecule has 22 heavy (non-hydrogen) atoms. The highest BCUT2D eigenvalue weighted by Gasteiger charge is 2.12. The van der Waals surface area contributed by atoms with Gasteiger partial charge in [-0.05, 0) is 34.0 Å². The van der Waals surface area contributed by atoms with Crippen molar-refractivity contribution in [2.75, 3.05) is 27.2 Å². The van der Waals surface area contributed by atoms with E-state index in [0.29, 0.717) is 24.8 Å². The number of aromatic nitrogens is 3. The number of rotatable bonds is 7. The smallest absolute Gasteiger partial charge is 0.159 e. The van der Waals surface area contributed by atoms with Crippen molar-refractivity contribution in [1.82, 2.24) is 25.0 Å². The van der Waals surface area contributed by atoms with Gasteiger partial charge >= 0.3 is 0 Å². The van der Waals surface area contributed by atoms with Gasteiger partial charge < -0.3 is 15.3 Å². The van der Waals surface area contributed by atoms with E-state index in [1.165, 1.54) is 0 Å². The molecule has 0 fully saturated rings. The average molecular weight is 326 g/mol. The zero-order chi connectivity index (χ0) is 16.3. The molecule has 0 aliphatic carbocycles. The van der Waals surface area contributed by atoms with Gasteiger partial charge in [0.05, 0.1) is 12.3 Å². The fraction of sp³-hybridized carbons (Fsp3) is 0.600. The van der Waals surface area contributed by atoms with Crippen molar-refractivity contribution in [3.05, 3.63) is 23.0 Å². The number of pyridine rings is 1. The van der Waals surface area contributed by atoms with Crippen molar-refractivity contribution in [2.24, 2.45) is 0 Å². The van der Waals surface area contributed by atoms with Crippen molar-refractivity contribution in [1.29, 1.82) is 0 Å². The van der Waals surface area contributed by atoms with E-state index in [9.17, 15) is 5.11 Å². The number of halogens is 1. The summed E-state index contributed by atoms with van der Waals surface area (Å²) in [6, 6.07) is 2.24. The maximum absolute atomic E-state index is 9.84. The van der Waals surface area contributed by atoms with Gasteiger partial charge in [0.15, 0.2) is 5.65 Å². The van der Waals surface area contributed by atoms with Gasteiger partial charge in [0, 0.05) is 36.6 Å². The molecule has 6 nitrogen and oxygen atoms in total. The number of aliphatic hydroxyl groups is 1. The molecular weight excluding hydrogens is 302 g/mol. The summed E-state index contributed by atoms with van der Waals surface area (Å²) < 4.78 is 1.86. The van der Waals surface area contributed by atoms with Crippen LogP contribution >= 0.6 is 11.6 Å². The summed E-state index contributed by atoms with van der Waals surface area (Å²) in [6.45, 7) is 5.82. The summed E-state index contributed by atoms with van der Waals surface area (Å²) in [5.41, 5.74) is 1.71. The fourth-order valence-electron chi connectivity index (χ4n) is 2.36. The van der Waals surface area contributed by atoms with Crippen LogP contribution < -0.4 is 5.32 Å². The zero-order valence-corrected chi connectivity index (χ0v) is 14.3. The lowest BCUT2D eigenvalue weighted by Crippen LogP contribution is -2.34. The van der Waals surface area contributed by atoms with Gasteiger partial charge in [0.25, 0.3) is 0 Å². The zero-order valence-electron chi connectivity index (χ0n) is 13.5. The van der Waals surface area contributed by atoms with E-state index < -0.39 is 6.10 Å². The molecule has 0 aromatic carbocycles. The molecule has 2 heterocycles. The van der Waals surface area contributed by atoms with Gasteiger partial charge in [-0.25, -0.2) is 9.67 Å². The topological polar surface area (TPSA) is 66.2 Å². The van der Waals surface area contributed by atoms with E-state index in [2.05, 4.69) is 29.2 Å². The van der Waals surface area contributed by atoms with E-state index in [1.807, 2.05) is 35.9 Å². The fourth-order valence-corrected chi connectivity index (χ4v) is 2.56. The van der Waals surface area contributed by atoms with E-state index in [4.69, 9.17) is 11.6 Å². The lowest BCUT2D eigenvalue weighted by Gasteiger charge is -2.16. The minimum absolute atomic E-state index is 0.242. The maximum Gasteiger partial charge on any atom is 0.159 e. The van der Waals surface area contributed by atoms with Crippen LogP contribution in [-0.4, -0.2) is 58.1 Å². The first kappa shape index (κ1) is 17.1. The number of nitrogens with zero attached hydrogens (tertiary/aromatic N) is 4. The Labute approximate surface area is 136 Å². The predicted octanol–water partition coefficient (Wildman–Crippen LogP) is 1.68. The molecule has 0 radical (unpaired) electrons. The molecule has 0 saturated carbocycles. The van der Waals surface area contributed by atoms with Crippen molar-refractivity contribution in [2.45, 2.75) is 32.5 Å². The van der Waals surface area contributed by atoms with Crippen LogP contribution in [0, 0.1) is 0 Å². The van der Waals surface area contributed by atoms with Crippen LogP contribution in [0.3, 0.4) is 0 Å². The maximum atomic E-state index is 9.84. The minimum atomic E-state index is -0.408. The summed E-state index contributed by atoms with van der Waals surface area (Å²) in [6.07, 6.45) is 1.40. The first-order valence-corrected chi connectivity index (χ1v) is 7.82. The molecule has 122 valence electrons. The Bertz CT molecular complexity index is 626. The lowest BCUT2D eigenvalue weighted by molar-refractivity contribution is 0.134. The molecule has 0 spiro atoms. The van der Waals surface area contributed by atoms with E-state index in [0.717, 1.165) is 16.6 Å². The van der Waals surface area contributed by atoms with E-state index in [-0.39, 0.29) is 6.04 Å². The Kier molecular flexibility index (Phi) is 5.74. The quantitative estimate of drug-likeness (QED) is 0.758. The summed E-state index contributed by atoms with van der Waals surface area (Å²) in [4.78, 5) is 6.41. The van der Waals surface area contributed by atoms with E-state index in [1.54, 1.807) is 0 Å². The molecule has 0 aliphatic rings. The van der Waals surface area contributed by atoms with Crippen LogP contribution in [0.4, 0.5) is 0 Å². The number of nitrogens with one attached hydrogen (secondary N) is 1. The molecule has 2 N–H and O–H groups in total. The molecule has 0 aliphatic heterocycles. The summed E-state index contributed by atoms with van der Waals surface area (Å²) in [5, 5.41) is 18.9. The summed E-state index contributed by atoms with van der Waals surface area (Å²) in [7, 11) is 3.87. The summed E-state index contributed by atoms with van der Waals surface area (Å²) >= 11 is 6.27. The number of hydrogen-bond donors (Lipinski definition) is 2. The van der Waals surface area contributed by atoms with Crippen LogP contribution in [0.25, 0.3) is 11.0 Å². The summed E-state index contributed by atoms with van der Waals surface area (Å²) in [5.74, 6) is 0. The molecule has 2 rings (SSSR count). The predicted molar refractivity (Wildman–Crippen MR) is 89.2 cm³/mol. The highest BCUT2D eigenvalue weighted by molar-refractivity contribution is 6.30. The third-order valence-electron chi connectivity index (χ3n) is 3.36. The second-order valence-electron chi connectivity index (χ2n) is 6.08. The Morgan fingerprint density at radius 3 is 2.77 bits per heavy atom. The second kappa shape index (κ2) is 7.37. The van der Waals surface area contributed by atoms with Crippen molar-refractivity contribution < 1.29 is 5.11 Å². The van der Waals surface area contributed by atoms with Gasteiger partial charge in [-0.3, -0.25) is 0 Å². The highest BCUT2D eigenvalue weighted by Crippen LogP contribution is 2.22. The first-order chi connectivity index (χ1) is 10.4. The first-order valence-electron chi connectivity index (χ1n) is 7.44. The molecule has 1 atom stereocenters. The molecular formula is C15H24ClN5O. The van der Waals surface area contributed by atoms with Crippen molar-refractivity contribution in [3.63, 3.8) is 0 Å². The van der Waals surface area contributed by atoms with Crippen LogP contribution in [0.2, 0.25) is 5.15 Å². The third kappa shape index (κ3) is 4.16. The Balaban J connectivity index is 2.04. The molecule has 0 amide bonds. The van der Waals surface area contributed by atoms with Gasteiger partial charge in [0.1, 0.15) is 5.15 Å². The molecule has 2 aromatic heterocycles. The molecule has 7 heteroatoms. The number of aliphatic hydroxyl groups excluding tert-OH is 1. The third-order valence-corrected chi connectivity index (χ3v) is 3.68. The number of hydrogen-bond acceptors (Lipinski definition) is 5. The molecule has 2 aromatic rings. The Hall–Kier alpha value is -1.21. The highest BCUT2D eigenvalue weighted by atomic mass is 35.5. The molecule has 0 bridgehead atoms. The van der Waals surface area contributed by atoms with E-state index >= 15 is 0 Å². The molecule has 1 unspecified atom stereocenters. The monoisotopic (exact) mass is 325 g/mol. The van der Waals surface area contributed by atoms with Crippen LogP contribution in [0.5, 0.6) is 0 Å². The van der Waals surface area contributed by atoms with Gasteiger partial charge in [-0.1, -0.05) is 11.6 Å². The van der Waals surface area contributed by atoms with Crippen molar-refractivity contribution in [3.8, 4) is 0 Å². The van der Waals surface area contributed by atoms with Gasteiger partial charge in [-0.2, -0.15) is 5.10 Å². The normalized spacial score (nSPS) is 13.5. The van der Waals surface area contributed by atoms with Crippen molar-refractivity contribution >= 4 is 22.6 Å². The second-order valence-corrected chi connectivity index (χ2v) is 6.44. The molecule has 0 saturated heterocycles. The van der Waals surface area contributed by atoms with Gasteiger partial charge in [0.2, 0.25) is 0 Å². The lowest BCUT2D eigenvalue weighted by atomic mass is 10.2. The standard InChI is InChI=1S/C15H24ClN5O/c1-10(2)21-15-12(7-18-21)5-11(14(16)19-15)6-17-8-13(22)9-20(3)4/h5,7,10,13,17,22H,6,8-9H2,1-4H3.